The van der Waals surface area contributed by atoms with Crippen LogP contribution < -0.4 is 4.90 Å². The highest BCUT2D eigenvalue weighted by Gasteiger charge is 2.46. The summed E-state index contributed by atoms with van der Waals surface area (Å²) in [5.41, 5.74) is 2.89. The summed E-state index contributed by atoms with van der Waals surface area (Å²) in [5.74, 6) is 1.09. The third kappa shape index (κ3) is 3.41. The van der Waals surface area contributed by atoms with E-state index in [0.717, 1.165) is 55.2 Å². The van der Waals surface area contributed by atoms with Gasteiger partial charge < -0.3 is 0 Å². The molecule has 1 fully saturated rings. The van der Waals surface area contributed by atoms with Gasteiger partial charge >= 0.3 is 0 Å². The lowest BCUT2D eigenvalue weighted by molar-refractivity contribution is -0.123. The third-order valence-electron chi connectivity index (χ3n) is 6.35. The third-order valence-corrected chi connectivity index (χ3v) is 6.35. The van der Waals surface area contributed by atoms with Crippen LogP contribution >= 0.6 is 0 Å². The molecule has 5 heterocycles. The number of likely N-dealkylation sites (tertiary alicyclic amines) is 1. The van der Waals surface area contributed by atoms with Gasteiger partial charge in [0, 0.05) is 51.3 Å². The number of fused-ring (bicyclic) bond motifs is 2. The Morgan fingerprint density at radius 1 is 1.07 bits per heavy atom. The number of anilines is 1. The molecule has 0 atom stereocenters. The molecule has 1 amide bonds. The zero-order valence-corrected chi connectivity index (χ0v) is 17.5. The molecule has 2 aliphatic rings. The second kappa shape index (κ2) is 7.36. The van der Waals surface area contributed by atoms with Crippen LogP contribution in [-0.2, 0) is 30.5 Å². The van der Waals surface area contributed by atoms with Crippen molar-refractivity contribution in [3.05, 3.63) is 59.8 Å². The topological polar surface area (TPSA) is 72.1 Å². The fraction of sp³-hybridized carbons (Fsp3) is 0.455. The Bertz CT molecular complexity index is 1050. The summed E-state index contributed by atoms with van der Waals surface area (Å²) in [7, 11) is 1.95. The van der Waals surface area contributed by atoms with E-state index in [1.807, 2.05) is 47.9 Å². The van der Waals surface area contributed by atoms with Crippen LogP contribution in [0.15, 0.2) is 42.9 Å². The zero-order valence-electron chi connectivity index (χ0n) is 17.5. The molecule has 0 N–H and O–H groups in total. The first-order chi connectivity index (χ1) is 14.5. The van der Waals surface area contributed by atoms with Crippen molar-refractivity contribution in [1.82, 2.24) is 29.4 Å². The second-order valence-corrected chi connectivity index (χ2v) is 8.55. The van der Waals surface area contributed by atoms with E-state index in [1.165, 1.54) is 0 Å². The van der Waals surface area contributed by atoms with Crippen LogP contribution in [0.4, 0.5) is 5.82 Å². The van der Waals surface area contributed by atoms with Gasteiger partial charge in [-0.25, -0.2) is 4.68 Å². The number of piperidine rings is 1. The van der Waals surface area contributed by atoms with E-state index >= 15 is 0 Å². The van der Waals surface area contributed by atoms with E-state index in [0.29, 0.717) is 13.0 Å². The molecule has 0 bridgehead atoms. The molecule has 8 nitrogen and oxygen atoms in total. The van der Waals surface area contributed by atoms with E-state index in [9.17, 15) is 4.79 Å². The quantitative estimate of drug-likeness (QED) is 0.666. The number of carbonyl (C=O) groups excluding carboxylic acids is 1. The minimum Gasteiger partial charge on any atom is -0.297 e. The van der Waals surface area contributed by atoms with Crippen LogP contribution in [0.3, 0.4) is 0 Å². The fourth-order valence-corrected chi connectivity index (χ4v) is 4.74. The molecule has 0 radical (unpaired) electrons. The maximum Gasteiger partial charge on any atom is 0.230 e. The van der Waals surface area contributed by atoms with Crippen molar-refractivity contribution in [3.63, 3.8) is 0 Å². The molecule has 0 aromatic carbocycles. The Morgan fingerprint density at radius 2 is 1.83 bits per heavy atom. The van der Waals surface area contributed by atoms with Crippen LogP contribution in [-0.4, -0.2) is 48.4 Å². The molecule has 156 valence electrons. The predicted molar refractivity (Wildman–Crippen MR) is 113 cm³/mol. The first-order valence-corrected chi connectivity index (χ1v) is 10.5. The lowest BCUT2D eigenvalue weighted by Gasteiger charge is -2.46. The molecule has 30 heavy (non-hydrogen) atoms. The SMILES string of the molecule is Cc1cc2n(n1)C1(CCN(Cc3ccn(C)n3)CC1)CC(=O)N2Cc1ccncc1. The van der Waals surface area contributed by atoms with E-state index < -0.39 is 0 Å². The minimum atomic E-state index is -0.226. The van der Waals surface area contributed by atoms with Crippen LogP contribution in [0.2, 0.25) is 0 Å². The largest absolute Gasteiger partial charge is 0.297 e. The average molecular weight is 406 g/mol. The van der Waals surface area contributed by atoms with Crippen molar-refractivity contribution in [2.75, 3.05) is 18.0 Å². The fourth-order valence-electron chi connectivity index (χ4n) is 4.74. The van der Waals surface area contributed by atoms with Gasteiger partial charge in [0.25, 0.3) is 0 Å². The number of aryl methyl sites for hydroxylation is 2. The highest BCUT2D eigenvalue weighted by molar-refractivity contribution is 5.94. The van der Waals surface area contributed by atoms with Crippen molar-refractivity contribution >= 4 is 11.7 Å². The number of nitrogens with zero attached hydrogens (tertiary/aromatic N) is 7. The Labute approximate surface area is 176 Å². The number of hydrogen-bond donors (Lipinski definition) is 0. The molecule has 0 unspecified atom stereocenters. The Hall–Kier alpha value is -3.00. The highest BCUT2D eigenvalue weighted by atomic mass is 16.2. The Morgan fingerprint density at radius 3 is 2.53 bits per heavy atom. The zero-order chi connectivity index (χ0) is 20.7. The molecule has 1 saturated heterocycles. The first kappa shape index (κ1) is 19.0. The summed E-state index contributed by atoms with van der Waals surface area (Å²) >= 11 is 0. The number of carbonyl (C=O) groups is 1. The van der Waals surface area contributed by atoms with E-state index in [2.05, 4.69) is 25.7 Å². The lowest BCUT2D eigenvalue weighted by Crippen LogP contribution is -2.53. The van der Waals surface area contributed by atoms with Crippen molar-refractivity contribution in [2.45, 2.75) is 44.8 Å². The Balaban J connectivity index is 1.37. The van der Waals surface area contributed by atoms with Crippen LogP contribution in [0.25, 0.3) is 0 Å². The smallest absolute Gasteiger partial charge is 0.230 e. The monoisotopic (exact) mass is 405 g/mol. The lowest BCUT2D eigenvalue weighted by atomic mass is 9.82. The van der Waals surface area contributed by atoms with Gasteiger partial charge in [0.15, 0.2) is 0 Å². The summed E-state index contributed by atoms with van der Waals surface area (Å²) in [5, 5.41) is 9.35. The number of amides is 1. The second-order valence-electron chi connectivity index (χ2n) is 8.55. The molecule has 8 heteroatoms. The highest BCUT2D eigenvalue weighted by Crippen LogP contribution is 2.42. The van der Waals surface area contributed by atoms with Gasteiger partial charge in [-0.15, -0.1) is 0 Å². The summed E-state index contributed by atoms with van der Waals surface area (Å²) < 4.78 is 3.99. The minimum absolute atomic E-state index is 0.178. The number of hydrogen-bond acceptors (Lipinski definition) is 5. The van der Waals surface area contributed by atoms with Crippen molar-refractivity contribution in [1.29, 1.82) is 0 Å². The van der Waals surface area contributed by atoms with Gasteiger partial charge in [-0.3, -0.25) is 24.3 Å². The summed E-state index contributed by atoms with van der Waals surface area (Å²) in [4.78, 5) is 21.6. The Kier molecular flexibility index (Phi) is 4.66. The maximum absolute atomic E-state index is 13.3. The number of rotatable bonds is 4. The summed E-state index contributed by atoms with van der Waals surface area (Å²) in [6.45, 7) is 5.28. The van der Waals surface area contributed by atoms with Crippen LogP contribution in [0.5, 0.6) is 0 Å². The van der Waals surface area contributed by atoms with Crippen LogP contribution in [0.1, 0.15) is 36.2 Å². The molecule has 0 aliphatic carbocycles. The predicted octanol–water partition coefficient (Wildman–Crippen LogP) is 2.25. The normalized spacial score (nSPS) is 18.7. The van der Waals surface area contributed by atoms with Crippen molar-refractivity contribution < 1.29 is 4.79 Å². The van der Waals surface area contributed by atoms with Gasteiger partial charge in [-0.2, -0.15) is 10.2 Å². The van der Waals surface area contributed by atoms with Crippen LogP contribution in [0, 0.1) is 6.92 Å². The number of aromatic nitrogens is 5. The summed E-state index contributed by atoms with van der Waals surface area (Å²) in [6, 6.07) is 8.03. The molecule has 3 aromatic rings. The van der Waals surface area contributed by atoms with Gasteiger partial charge in [-0.05, 0) is 43.5 Å². The molecular weight excluding hydrogens is 378 g/mol. The first-order valence-electron chi connectivity index (χ1n) is 10.5. The maximum atomic E-state index is 13.3. The molecule has 2 aliphatic heterocycles. The van der Waals surface area contributed by atoms with Gasteiger partial charge in [-0.1, -0.05) is 0 Å². The van der Waals surface area contributed by atoms with E-state index in [4.69, 9.17) is 5.10 Å². The van der Waals surface area contributed by atoms with Crippen molar-refractivity contribution in [3.8, 4) is 0 Å². The van der Waals surface area contributed by atoms with Gasteiger partial charge in [0.05, 0.1) is 29.9 Å². The van der Waals surface area contributed by atoms with Crippen molar-refractivity contribution in [2.24, 2.45) is 7.05 Å². The standard InChI is InChI=1S/C22H27N7O/c1-17-13-20-28(15-18-3-8-23-9-4-18)21(30)14-22(29(20)24-17)6-11-27(12-7-22)16-19-5-10-26(2)25-19/h3-5,8-10,13H,6-7,11-12,14-16H2,1-2H3. The molecule has 3 aromatic heterocycles. The molecular formula is C22H27N7O. The van der Waals surface area contributed by atoms with Gasteiger partial charge in [0.2, 0.25) is 5.91 Å². The van der Waals surface area contributed by atoms with Gasteiger partial charge in [0.1, 0.15) is 5.82 Å². The van der Waals surface area contributed by atoms with E-state index in [-0.39, 0.29) is 11.4 Å². The molecule has 1 spiro atoms. The number of pyridine rings is 1. The van der Waals surface area contributed by atoms with E-state index in [1.54, 1.807) is 12.4 Å². The summed E-state index contributed by atoms with van der Waals surface area (Å²) in [6.07, 6.45) is 7.86. The molecule has 5 rings (SSSR count). The average Bonchev–Trinajstić information content (AvgIpc) is 3.33. The molecule has 0 saturated carbocycles.